The van der Waals surface area contributed by atoms with Crippen LogP contribution in [0.25, 0.3) is 0 Å². The van der Waals surface area contributed by atoms with E-state index in [9.17, 15) is 8.78 Å². The highest BCUT2D eigenvalue weighted by molar-refractivity contribution is 5.03. The van der Waals surface area contributed by atoms with E-state index in [1.165, 1.54) is 6.20 Å². The second-order valence-electron chi connectivity index (χ2n) is 2.66. The van der Waals surface area contributed by atoms with E-state index >= 15 is 0 Å². The number of halogens is 2. The lowest BCUT2D eigenvalue weighted by atomic mass is 10.1. The zero-order chi connectivity index (χ0) is 8.43. The summed E-state index contributed by atoms with van der Waals surface area (Å²) in [5.41, 5.74) is 0.569. The highest BCUT2D eigenvalue weighted by Crippen LogP contribution is 2.19. The second-order valence-corrected chi connectivity index (χ2v) is 2.66. The van der Waals surface area contributed by atoms with Crippen molar-refractivity contribution >= 4 is 0 Å². The van der Waals surface area contributed by atoms with Gasteiger partial charge in [-0.1, -0.05) is 13.8 Å². The standard InChI is InChI=1S/C7H10F2N2/c1-5(2)6-3-10-4-11(6)7(8)9/h3-5,7H,1-2H3. The Morgan fingerprint density at radius 3 is 2.45 bits per heavy atom. The molecular weight excluding hydrogens is 150 g/mol. The van der Waals surface area contributed by atoms with E-state index < -0.39 is 6.55 Å². The Hall–Kier alpha value is -0.930. The molecular formula is C7H10F2N2. The van der Waals surface area contributed by atoms with Crippen molar-refractivity contribution in [2.45, 2.75) is 26.3 Å². The Bertz CT molecular complexity index is 208. The molecule has 4 heteroatoms. The van der Waals surface area contributed by atoms with E-state index in [-0.39, 0.29) is 5.92 Å². The van der Waals surface area contributed by atoms with Gasteiger partial charge in [0.2, 0.25) is 0 Å². The van der Waals surface area contributed by atoms with Crippen molar-refractivity contribution in [2.75, 3.05) is 0 Å². The molecule has 0 amide bonds. The maximum atomic E-state index is 12.1. The van der Waals surface area contributed by atoms with Crippen LogP contribution in [-0.2, 0) is 0 Å². The highest BCUT2D eigenvalue weighted by atomic mass is 19.3. The van der Waals surface area contributed by atoms with Gasteiger partial charge in [-0.15, -0.1) is 0 Å². The molecule has 0 aliphatic rings. The van der Waals surface area contributed by atoms with Crippen LogP contribution in [0.15, 0.2) is 12.5 Å². The monoisotopic (exact) mass is 160 g/mol. The number of alkyl halides is 2. The molecule has 0 aromatic carbocycles. The Morgan fingerprint density at radius 1 is 1.45 bits per heavy atom. The molecule has 2 nitrogen and oxygen atoms in total. The summed E-state index contributed by atoms with van der Waals surface area (Å²) >= 11 is 0. The first-order valence-corrected chi connectivity index (χ1v) is 3.42. The van der Waals surface area contributed by atoms with Gasteiger partial charge in [0.15, 0.2) is 0 Å². The molecule has 0 fully saturated rings. The third-order valence-corrected chi connectivity index (χ3v) is 1.50. The van der Waals surface area contributed by atoms with Crippen molar-refractivity contribution in [2.24, 2.45) is 0 Å². The first-order valence-electron chi connectivity index (χ1n) is 3.42. The number of nitrogens with zero attached hydrogens (tertiary/aromatic N) is 2. The van der Waals surface area contributed by atoms with E-state index in [0.717, 1.165) is 10.9 Å². The van der Waals surface area contributed by atoms with Crippen molar-refractivity contribution in [3.8, 4) is 0 Å². The maximum Gasteiger partial charge on any atom is 0.319 e. The summed E-state index contributed by atoms with van der Waals surface area (Å²) in [5.74, 6) is 0.0894. The molecule has 0 aliphatic heterocycles. The quantitative estimate of drug-likeness (QED) is 0.649. The van der Waals surface area contributed by atoms with Gasteiger partial charge in [0.1, 0.15) is 0 Å². The molecule has 1 aromatic rings. The van der Waals surface area contributed by atoms with E-state index in [1.54, 1.807) is 0 Å². The van der Waals surface area contributed by atoms with Crippen molar-refractivity contribution in [3.63, 3.8) is 0 Å². The lowest BCUT2D eigenvalue weighted by molar-refractivity contribution is 0.0665. The third-order valence-electron chi connectivity index (χ3n) is 1.50. The molecule has 0 N–H and O–H groups in total. The number of rotatable bonds is 2. The maximum absolute atomic E-state index is 12.1. The molecule has 1 heterocycles. The number of hydrogen-bond donors (Lipinski definition) is 0. The number of hydrogen-bond acceptors (Lipinski definition) is 1. The van der Waals surface area contributed by atoms with Gasteiger partial charge in [0, 0.05) is 11.9 Å². The topological polar surface area (TPSA) is 17.8 Å². The van der Waals surface area contributed by atoms with Crippen LogP contribution in [0.4, 0.5) is 8.78 Å². The normalized spacial score (nSPS) is 11.5. The molecule has 0 saturated heterocycles. The second kappa shape index (κ2) is 2.98. The van der Waals surface area contributed by atoms with Crippen LogP contribution >= 0.6 is 0 Å². The summed E-state index contributed by atoms with van der Waals surface area (Å²) in [7, 11) is 0. The minimum Gasteiger partial charge on any atom is -0.277 e. The first kappa shape index (κ1) is 8.17. The number of aromatic nitrogens is 2. The van der Waals surface area contributed by atoms with Gasteiger partial charge in [-0.2, -0.15) is 8.78 Å². The average Bonchev–Trinajstić information content (AvgIpc) is 2.32. The molecule has 0 unspecified atom stereocenters. The summed E-state index contributed by atoms with van der Waals surface area (Å²) in [4.78, 5) is 3.65. The molecule has 0 spiro atoms. The van der Waals surface area contributed by atoms with Gasteiger partial charge < -0.3 is 0 Å². The predicted molar refractivity (Wildman–Crippen MR) is 37.6 cm³/mol. The van der Waals surface area contributed by atoms with Crippen LogP contribution in [0.5, 0.6) is 0 Å². The van der Waals surface area contributed by atoms with Crippen LogP contribution in [0, 0.1) is 0 Å². The minimum atomic E-state index is -2.48. The smallest absolute Gasteiger partial charge is 0.277 e. The van der Waals surface area contributed by atoms with Crippen molar-refractivity contribution in [1.82, 2.24) is 9.55 Å². The molecule has 1 rings (SSSR count). The molecule has 62 valence electrons. The lowest BCUT2D eigenvalue weighted by Crippen LogP contribution is -2.03. The Kier molecular flexibility index (Phi) is 2.22. The molecule has 1 aromatic heterocycles. The van der Waals surface area contributed by atoms with Crippen LogP contribution in [-0.4, -0.2) is 9.55 Å². The first-order chi connectivity index (χ1) is 5.13. The van der Waals surface area contributed by atoms with E-state index in [2.05, 4.69) is 4.98 Å². The molecule has 0 aliphatic carbocycles. The molecule has 0 bridgehead atoms. The van der Waals surface area contributed by atoms with Gasteiger partial charge in [0.25, 0.3) is 0 Å². The molecule has 0 radical (unpaired) electrons. The van der Waals surface area contributed by atoms with Crippen molar-refractivity contribution in [1.29, 1.82) is 0 Å². The van der Waals surface area contributed by atoms with Crippen LogP contribution in [0.1, 0.15) is 32.0 Å². The average molecular weight is 160 g/mol. The van der Waals surface area contributed by atoms with Crippen molar-refractivity contribution in [3.05, 3.63) is 18.2 Å². The van der Waals surface area contributed by atoms with E-state index in [0.29, 0.717) is 5.69 Å². The zero-order valence-corrected chi connectivity index (χ0v) is 6.46. The minimum absolute atomic E-state index is 0.0894. The van der Waals surface area contributed by atoms with Gasteiger partial charge in [0.05, 0.1) is 6.33 Å². The number of imidazole rings is 1. The van der Waals surface area contributed by atoms with Gasteiger partial charge in [-0.25, -0.2) is 4.98 Å². The SMILES string of the molecule is CC(C)c1cncn1C(F)F. The van der Waals surface area contributed by atoms with Gasteiger partial charge in [-0.3, -0.25) is 4.57 Å². The Balaban J connectivity index is 2.96. The van der Waals surface area contributed by atoms with Crippen LogP contribution in [0.2, 0.25) is 0 Å². The summed E-state index contributed by atoms with van der Waals surface area (Å²) in [5, 5.41) is 0. The summed E-state index contributed by atoms with van der Waals surface area (Å²) in [6.45, 7) is 1.24. The summed E-state index contributed by atoms with van der Waals surface area (Å²) in [6.07, 6.45) is 2.62. The molecule has 0 saturated carbocycles. The highest BCUT2D eigenvalue weighted by Gasteiger charge is 2.12. The van der Waals surface area contributed by atoms with Crippen LogP contribution < -0.4 is 0 Å². The molecule has 0 atom stereocenters. The zero-order valence-electron chi connectivity index (χ0n) is 6.46. The fourth-order valence-electron chi connectivity index (χ4n) is 0.925. The van der Waals surface area contributed by atoms with Crippen LogP contribution in [0.3, 0.4) is 0 Å². The summed E-state index contributed by atoms with van der Waals surface area (Å²) < 4.78 is 25.2. The lowest BCUT2D eigenvalue weighted by Gasteiger charge is -2.08. The fourth-order valence-corrected chi connectivity index (χ4v) is 0.925. The van der Waals surface area contributed by atoms with Gasteiger partial charge in [-0.05, 0) is 5.92 Å². The third kappa shape index (κ3) is 1.56. The predicted octanol–water partition coefficient (Wildman–Crippen LogP) is 2.40. The largest absolute Gasteiger partial charge is 0.319 e. The fraction of sp³-hybridized carbons (Fsp3) is 0.571. The van der Waals surface area contributed by atoms with Crippen molar-refractivity contribution < 1.29 is 8.78 Å². The van der Waals surface area contributed by atoms with Gasteiger partial charge >= 0.3 is 6.55 Å². The van der Waals surface area contributed by atoms with E-state index in [4.69, 9.17) is 0 Å². The van der Waals surface area contributed by atoms with E-state index in [1.807, 2.05) is 13.8 Å². The summed E-state index contributed by atoms with van der Waals surface area (Å²) in [6, 6.07) is 0. The molecule has 11 heavy (non-hydrogen) atoms. The Morgan fingerprint density at radius 2 is 2.09 bits per heavy atom. The Labute approximate surface area is 63.9 Å².